The number of aliphatic hydroxyl groups excluding tert-OH is 1. The normalized spacial score (nSPS) is 19.6. The second-order valence-electron chi connectivity index (χ2n) is 4.00. The van der Waals surface area contributed by atoms with E-state index < -0.39 is 11.0 Å². The van der Waals surface area contributed by atoms with Gasteiger partial charge in [-0.1, -0.05) is 0 Å². The average molecular weight is 256 g/mol. The van der Waals surface area contributed by atoms with Crippen LogP contribution < -0.4 is 0 Å². The molecule has 1 atom stereocenters. The van der Waals surface area contributed by atoms with Crippen LogP contribution >= 0.6 is 11.3 Å². The third-order valence-electron chi connectivity index (χ3n) is 2.75. The Morgan fingerprint density at radius 3 is 2.88 bits per heavy atom. The lowest BCUT2D eigenvalue weighted by Gasteiger charge is -2.13. The molecule has 1 amide bonds. The van der Waals surface area contributed by atoms with Gasteiger partial charge in [0.15, 0.2) is 0 Å². The molecule has 1 aliphatic rings. The molecule has 0 unspecified atom stereocenters. The summed E-state index contributed by atoms with van der Waals surface area (Å²) in [6, 6.07) is 1.31. The molecular weight excluding hydrogens is 244 g/mol. The predicted octanol–water partition coefficient (Wildman–Crippen LogP) is 1.17. The van der Waals surface area contributed by atoms with Crippen LogP contribution in [0.25, 0.3) is 0 Å². The molecule has 1 aliphatic heterocycles. The van der Waals surface area contributed by atoms with Crippen molar-refractivity contribution in [2.24, 2.45) is 0 Å². The number of carbonyl (C=O) groups is 1. The minimum absolute atomic E-state index is 0.0157. The molecule has 0 aromatic carbocycles. The number of aliphatic hydroxyl groups is 1. The zero-order valence-corrected chi connectivity index (χ0v) is 10.1. The first-order valence-electron chi connectivity index (χ1n) is 5.21. The van der Waals surface area contributed by atoms with E-state index in [9.17, 15) is 20.0 Å². The Morgan fingerprint density at radius 2 is 2.41 bits per heavy atom. The molecule has 2 rings (SSSR count). The van der Waals surface area contributed by atoms with Crippen molar-refractivity contribution in [2.45, 2.75) is 19.4 Å². The number of nitro groups is 1. The molecule has 92 valence electrons. The van der Waals surface area contributed by atoms with E-state index in [1.54, 1.807) is 6.92 Å². The van der Waals surface area contributed by atoms with E-state index in [0.29, 0.717) is 29.3 Å². The summed E-state index contributed by atoms with van der Waals surface area (Å²) in [4.78, 5) is 24.6. The second kappa shape index (κ2) is 4.42. The largest absolute Gasteiger partial charge is 0.391 e. The lowest BCUT2D eigenvalue weighted by molar-refractivity contribution is -0.385. The maximum absolute atomic E-state index is 12.0. The monoisotopic (exact) mass is 256 g/mol. The van der Waals surface area contributed by atoms with Crippen LogP contribution in [0.1, 0.15) is 21.0 Å². The molecular formula is C10H12N2O4S. The van der Waals surface area contributed by atoms with E-state index in [1.165, 1.54) is 11.0 Å². The van der Waals surface area contributed by atoms with Gasteiger partial charge in [-0.05, 0) is 13.3 Å². The first-order chi connectivity index (χ1) is 7.99. The summed E-state index contributed by atoms with van der Waals surface area (Å²) >= 11 is 1.12. The van der Waals surface area contributed by atoms with Crippen molar-refractivity contribution in [3.8, 4) is 0 Å². The zero-order valence-electron chi connectivity index (χ0n) is 9.25. The van der Waals surface area contributed by atoms with Gasteiger partial charge in [-0.15, -0.1) is 11.3 Å². The number of rotatable bonds is 2. The molecule has 1 N–H and O–H groups in total. The number of hydrogen-bond donors (Lipinski definition) is 1. The zero-order chi connectivity index (χ0) is 12.6. The van der Waals surface area contributed by atoms with E-state index in [2.05, 4.69) is 0 Å². The van der Waals surface area contributed by atoms with Crippen LogP contribution in [0.5, 0.6) is 0 Å². The molecule has 1 aromatic heterocycles. The van der Waals surface area contributed by atoms with Gasteiger partial charge in [0, 0.05) is 19.2 Å². The van der Waals surface area contributed by atoms with Gasteiger partial charge in [0.25, 0.3) is 11.6 Å². The van der Waals surface area contributed by atoms with Gasteiger partial charge >= 0.3 is 0 Å². The van der Waals surface area contributed by atoms with Crippen molar-refractivity contribution in [1.29, 1.82) is 0 Å². The molecule has 17 heavy (non-hydrogen) atoms. The summed E-state index contributed by atoms with van der Waals surface area (Å²) < 4.78 is 0. The van der Waals surface area contributed by atoms with Crippen LogP contribution in [0.15, 0.2) is 6.07 Å². The summed E-state index contributed by atoms with van der Waals surface area (Å²) in [5.74, 6) is -0.234. The standard InChI is InChI=1S/C10H12N2O4S/c1-6-8(12(15)16)4-9(17-6)10(14)11-3-2-7(13)5-11/h4,7,13H,2-3,5H2,1H3/t7-/m1/s1. The smallest absolute Gasteiger partial charge is 0.283 e. The minimum atomic E-state index is -0.485. The Labute approximate surface area is 102 Å². The van der Waals surface area contributed by atoms with Crippen molar-refractivity contribution in [2.75, 3.05) is 13.1 Å². The van der Waals surface area contributed by atoms with Crippen LogP contribution in [0, 0.1) is 17.0 Å². The van der Waals surface area contributed by atoms with Crippen molar-refractivity contribution >= 4 is 22.9 Å². The maximum atomic E-state index is 12.0. The summed E-state index contributed by atoms with van der Waals surface area (Å²) in [6.07, 6.45) is 0.0908. The quantitative estimate of drug-likeness (QED) is 0.636. The highest BCUT2D eigenvalue weighted by Gasteiger charge is 2.28. The number of carbonyl (C=O) groups excluding carboxylic acids is 1. The Bertz CT molecular complexity index is 471. The van der Waals surface area contributed by atoms with E-state index in [-0.39, 0.29) is 11.6 Å². The SMILES string of the molecule is Cc1sc(C(=O)N2CC[C@@H](O)C2)cc1[N+](=O)[O-]. The molecule has 1 fully saturated rings. The van der Waals surface area contributed by atoms with E-state index in [0.717, 1.165) is 11.3 Å². The van der Waals surface area contributed by atoms with Gasteiger partial charge < -0.3 is 10.0 Å². The van der Waals surface area contributed by atoms with Crippen LogP contribution in [-0.2, 0) is 0 Å². The first kappa shape index (κ1) is 12.0. The van der Waals surface area contributed by atoms with Gasteiger partial charge in [0.05, 0.1) is 20.8 Å². The molecule has 0 bridgehead atoms. The number of thiophene rings is 1. The van der Waals surface area contributed by atoms with Crippen molar-refractivity contribution in [3.63, 3.8) is 0 Å². The fraction of sp³-hybridized carbons (Fsp3) is 0.500. The molecule has 0 aliphatic carbocycles. The summed E-state index contributed by atoms with van der Waals surface area (Å²) in [6.45, 7) is 2.44. The Balaban J connectivity index is 2.20. The molecule has 6 nitrogen and oxygen atoms in total. The van der Waals surface area contributed by atoms with Gasteiger partial charge in [-0.2, -0.15) is 0 Å². The van der Waals surface area contributed by atoms with Gasteiger partial charge in [-0.25, -0.2) is 0 Å². The van der Waals surface area contributed by atoms with E-state index in [1.807, 2.05) is 0 Å². The Hall–Kier alpha value is -1.47. The second-order valence-corrected chi connectivity index (χ2v) is 5.26. The van der Waals surface area contributed by atoms with E-state index >= 15 is 0 Å². The number of β-amino-alcohol motifs (C(OH)–C–C–N with tert-alkyl or cyclic N) is 1. The lowest BCUT2D eigenvalue weighted by atomic mass is 10.3. The average Bonchev–Trinajstić information content (AvgIpc) is 2.83. The third-order valence-corrected chi connectivity index (χ3v) is 3.78. The molecule has 0 radical (unpaired) electrons. The summed E-state index contributed by atoms with van der Waals surface area (Å²) in [7, 11) is 0. The number of amides is 1. The maximum Gasteiger partial charge on any atom is 0.283 e. The Kier molecular flexibility index (Phi) is 3.12. The molecule has 0 saturated carbocycles. The molecule has 7 heteroatoms. The fourth-order valence-corrected chi connectivity index (χ4v) is 2.80. The van der Waals surface area contributed by atoms with Crippen molar-refractivity contribution in [1.82, 2.24) is 4.90 Å². The van der Waals surface area contributed by atoms with E-state index in [4.69, 9.17) is 0 Å². The lowest BCUT2D eigenvalue weighted by Crippen LogP contribution is -2.28. The topological polar surface area (TPSA) is 83.7 Å². The molecule has 0 spiro atoms. The van der Waals surface area contributed by atoms with Crippen LogP contribution in [0.2, 0.25) is 0 Å². The number of likely N-dealkylation sites (tertiary alicyclic amines) is 1. The number of nitrogens with zero attached hydrogens (tertiary/aromatic N) is 2. The van der Waals surface area contributed by atoms with Crippen LogP contribution in [0.4, 0.5) is 5.69 Å². The summed E-state index contributed by atoms with van der Waals surface area (Å²) in [5.41, 5.74) is -0.0157. The highest BCUT2D eigenvalue weighted by molar-refractivity contribution is 7.14. The molecule has 1 aromatic rings. The number of aryl methyl sites for hydroxylation is 1. The van der Waals surface area contributed by atoms with Crippen LogP contribution in [-0.4, -0.2) is 40.0 Å². The molecule has 2 heterocycles. The highest BCUT2D eigenvalue weighted by Crippen LogP contribution is 2.29. The third kappa shape index (κ3) is 2.29. The fourth-order valence-electron chi connectivity index (χ4n) is 1.84. The van der Waals surface area contributed by atoms with Gasteiger partial charge in [0.1, 0.15) is 0 Å². The van der Waals surface area contributed by atoms with Crippen molar-refractivity contribution < 1.29 is 14.8 Å². The van der Waals surface area contributed by atoms with Crippen LogP contribution in [0.3, 0.4) is 0 Å². The minimum Gasteiger partial charge on any atom is -0.391 e. The van der Waals surface area contributed by atoms with Gasteiger partial charge in [-0.3, -0.25) is 14.9 Å². The summed E-state index contributed by atoms with van der Waals surface area (Å²) in [5, 5.41) is 20.0. The van der Waals surface area contributed by atoms with Crippen molar-refractivity contribution in [3.05, 3.63) is 25.9 Å². The van der Waals surface area contributed by atoms with Gasteiger partial charge in [0.2, 0.25) is 0 Å². The first-order valence-corrected chi connectivity index (χ1v) is 6.03. The highest BCUT2D eigenvalue weighted by atomic mass is 32.1. The number of hydrogen-bond acceptors (Lipinski definition) is 5. The Morgan fingerprint density at radius 1 is 1.71 bits per heavy atom. The molecule has 1 saturated heterocycles. The predicted molar refractivity (Wildman–Crippen MR) is 62.2 cm³/mol.